The maximum absolute atomic E-state index is 10.5. The second-order valence-corrected chi connectivity index (χ2v) is 21.4. The van der Waals surface area contributed by atoms with Crippen LogP contribution in [-0.2, 0) is 53.0 Å². The van der Waals surface area contributed by atoms with Gasteiger partial charge in [0.2, 0.25) is 6.54 Å². The SMILES string of the molecule is C.C.CCNCC(CO)OC.CCNCC(O)COC(c1ccccc1)(c1ccc(OC)cc1)c1ccc(OC)cc1.[C-]#[N+]CCOP(OC(CNCC)COC(c1ccccc1)(c1ccc(OC)cc1)c1ccc(OC)cc1)N(C(C)C)C(C)C.[V]. The molecule has 0 saturated carbocycles. The van der Waals surface area contributed by atoms with Gasteiger partial charge >= 0.3 is 0 Å². The number of aliphatic hydroxyl groups excluding tert-OH is 2. The second-order valence-electron chi connectivity index (χ2n) is 20.0. The number of nitrogens with one attached hydrogen (secondary N) is 3. The Morgan fingerprint density at radius 1 is 0.506 bits per heavy atom. The summed E-state index contributed by atoms with van der Waals surface area (Å²) >= 11 is 0. The molecule has 4 unspecified atom stereocenters. The van der Waals surface area contributed by atoms with Crippen LogP contribution in [0.5, 0.6) is 23.0 Å². The number of methoxy groups -OCH3 is 5. The van der Waals surface area contributed by atoms with Gasteiger partial charge in [0.25, 0.3) is 8.53 Å². The molecule has 5 N–H and O–H groups in total. The van der Waals surface area contributed by atoms with E-state index in [0.29, 0.717) is 19.7 Å². The van der Waals surface area contributed by atoms with Crippen LogP contribution in [0.15, 0.2) is 158 Å². The van der Waals surface area contributed by atoms with Gasteiger partial charge in [0.15, 0.2) is 0 Å². The zero-order valence-corrected chi connectivity index (χ0v) is 54.3. The molecule has 0 aliphatic carbocycles. The zero-order valence-electron chi connectivity index (χ0n) is 52.0. The third-order valence-corrected chi connectivity index (χ3v) is 15.8. The minimum Gasteiger partial charge on any atom is -0.497 e. The summed E-state index contributed by atoms with van der Waals surface area (Å²) in [6.45, 7) is 27.3. The molecule has 0 aromatic heterocycles. The fourth-order valence-corrected chi connectivity index (χ4v) is 11.0. The molecule has 0 bridgehead atoms. The van der Waals surface area contributed by atoms with E-state index < -0.39 is 25.8 Å². The Balaban J connectivity index is 0.000000766. The predicted molar refractivity (Wildman–Crippen MR) is 351 cm³/mol. The van der Waals surface area contributed by atoms with Gasteiger partial charge in [-0.15, -0.1) is 0 Å². The van der Waals surface area contributed by atoms with Crippen LogP contribution < -0.4 is 34.9 Å². The molecule has 6 aromatic rings. The van der Waals surface area contributed by atoms with Gasteiger partial charge in [0.05, 0.1) is 60.5 Å². The molecule has 0 amide bonds. The van der Waals surface area contributed by atoms with Gasteiger partial charge in [-0.1, -0.05) is 145 Å². The van der Waals surface area contributed by atoms with Crippen LogP contribution in [0.3, 0.4) is 0 Å². The second kappa shape index (κ2) is 44.1. The van der Waals surface area contributed by atoms with Gasteiger partial charge in [-0.05, 0) is 129 Å². The molecule has 6 rings (SSSR count). The summed E-state index contributed by atoms with van der Waals surface area (Å²) < 4.78 is 55.7. The van der Waals surface area contributed by atoms with E-state index in [1.54, 1.807) is 35.5 Å². The Morgan fingerprint density at radius 3 is 1.15 bits per heavy atom. The summed E-state index contributed by atoms with van der Waals surface area (Å²) in [5.41, 5.74) is 3.89. The van der Waals surface area contributed by atoms with Gasteiger partial charge in [0.1, 0.15) is 46.9 Å². The fourth-order valence-electron chi connectivity index (χ4n) is 9.33. The fraction of sp³-hybridized carbons (Fsp3) is 0.464. The van der Waals surface area contributed by atoms with E-state index in [1.807, 2.05) is 135 Å². The molecule has 0 spiro atoms. The Hall–Kier alpha value is -5.42. The van der Waals surface area contributed by atoms with Crippen molar-refractivity contribution in [1.82, 2.24) is 20.6 Å². The van der Waals surface area contributed by atoms with Crippen LogP contribution in [0.1, 0.15) is 96.7 Å². The predicted octanol–water partition coefficient (Wildman–Crippen LogP) is 12.1. The molecule has 479 valence electrons. The maximum atomic E-state index is 10.5. The van der Waals surface area contributed by atoms with Crippen molar-refractivity contribution in [3.05, 3.63) is 203 Å². The Bertz CT molecular complexity index is 2590. The molecular formula is C69H102N5O11PV. The van der Waals surface area contributed by atoms with Gasteiger partial charge < -0.3 is 73.2 Å². The van der Waals surface area contributed by atoms with Crippen LogP contribution in [0.25, 0.3) is 4.85 Å². The van der Waals surface area contributed by atoms with Crippen LogP contribution in [-0.4, -0.2) is 153 Å². The summed E-state index contributed by atoms with van der Waals surface area (Å²) in [6.07, 6.45) is -1.03. The summed E-state index contributed by atoms with van der Waals surface area (Å²) in [5.74, 6) is 3.08. The molecule has 6 aromatic carbocycles. The Kier molecular flexibility index (Phi) is 40.3. The number of benzene rings is 6. The average molecular weight is 1260 g/mol. The number of rotatable bonds is 35. The zero-order chi connectivity index (χ0) is 61.2. The van der Waals surface area contributed by atoms with E-state index in [-0.39, 0.29) is 84.1 Å². The maximum Gasteiger partial charge on any atom is 0.259 e. The minimum absolute atomic E-state index is 0. The Morgan fingerprint density at radius 2 is 0.839 bits per heavy atom. The first-order chi connectivity index (χ1) is 40.8. The third kappa shape index (κ3) is 24.1. The molecule has 0 aliphatic heterocycles. The summed E-state index contributed by atoms with van der Waals surface area (Å²) in [5, 5.41) is 28.8. The first-order valence-corrected chi connectivity index (χ1v) is 30.0. The average Bonchev–Trinajstić information content (AvgIpc) is 1.04. The number of hydrogen-bond donors (Lipinski definition) is 5. The van der Waals surface area contributed by atoms with E-state index in [4.69, 9.17) is 53.9 Å². The first-order valence-electron chi connectivity index (χ1n) is 28.9. The van der Waals surface area contributed by atoms with Crippen LogP contribution >= 0.6 is 8.53 Å². The van der Waals surface area contributed by atoms with Gasteiger partial charge in [-0.2, -0.15) is 0 Å². The molecule has 0 aliphatic rings. The van der Waals surface area contributed by atoms with Crippen LogP contribution in [0.2, 0.25) is 0 Å². The van der Waals surface area contributed by atoms with Crippen molar-refractivity contribution in [2.75, 3.05) is 108 Å². The topological polar surface area (TPSA) is 167 Å². The number of ether oxygens (including phenoxy) is 7. The molecular weight excluding hydrogens is 1160 g/mol. The minimum atomic E-state index is -1.46. The van der Waals surface area contributed by atoms with Crippen molar-refractivity contribution < 1.29 is 71.0 Å². The van der Waals surface area contributed by atoms with Crippen molar-refractivity contribution >= 4 is 8.53 Å². The molecule has 0 heterocycles. The molecule has 16 nitrogen and oxygen atoms in total. The third-order valence-electron chi connectivity index (χ3n) is 13.6. The van der Waals surface area contributed by atoms with E-state index in [9.17, 15) is 5.11 Å². The van der Waals surface area contributed by atoms with Crippen molar-refractivity contribution in [3.63, 3.8) is 0 Å². The van der Waals surface area contributed by atoms with Crippen LogP contribution in [0, 0.1) is 6.57 Å². The summed E-state index contributed by atoms with van der Waals surface area (Å²) in [6, 6.07) is 52.5. The largest absolute Gasteiger partial charge is 0.497 e. The van der Waals surface area contributed by atoms with Crippen molar-refractivity contribution in [2.45, 2.75) is 105 Å². The number of aliphatic hydroxyl groups is 2. The van der Waals surface area contributed by atoms with Crippen molar-refractivity contribution in [1.29, 1.82) is 0 Å². The summed E-state index contributed by atoms with van der Waals surface area (Å²) in [7, 11) is 6.77. The van der Waals surface area contributed by atoms with Crippen LogP contribution in [0.4, 0.5) is 0 Å². The van der Waals surface area contributed by atoms with Gasteiger partial charge in [-0.3, -0.25) is 0 Å². The molecule has 0 fully saturated rings. The molecule has 4 atom stereocenters. The monoisotopic (exact) mass is 1260 g/mol. The Labute approximate surface area is 535 Å². The number of nitrogens with zero attached hydrogens (tertiary/aromatic N) is 2. The molecule has 87 heavy (non-hydrogen) atoms. The summed E-state index contributed by atoms with van der Waals surface area (Å²) in [4.78, 5) is 3.49. The quantitative estimate of drug-likeness (QED) is 0.0110. The smallest absolute Gasteiger partial charge is 0.259 e. The van der Waals surface area contributed by atoms with E-state index in [1.165, 1.54) is 0 Å². The van der Waals surface area contributed by atoms with E-state index >= 15 is 0 Å². The number of likely N-dealkylation sites (N-methyl/N-ethyl adjacent to an activating group) is 3. The molecule has 18 heteroatoms. The van der Waals surface area contributed by atoms with Gasteiger partial charge in [0, 0.05) is 57.4 Å². The molecule has 1 radical (unpaired) electrons. The standard InChI is InChI=1S/C35H48N3O5P.C26H31NO4.C6H15NO2.2CH4.V/c1-9-37-25-34(43-44(42-24-23-36-6)38(27(2)3)28(4)5)26-41-35(29-13-11-10-12-14-29,30-15-19-32(39-7)20-16-30)31-17-21-33(40-8)22-18-31;1-4-27-18-23(28)19-31-26(20-8-6-5-7-9-20,21-10-14-24(29-2)15-11-21)22-12-16-25(30-3)17-13-22;1-3-7-4-6(5-8)9-2;;;/h10-22,27-28,34,37H,9,23-26H2,1-5,7-8H3;5-17,23,27-28H,4,18-19H2,1-3H3;6-8H,3-5H2,1-2H3;2*1H4;. The van der Waals surface area contributed by atoms with Crippen molar-refractivity contribution in [2.24, 2.45) is 0 Å². The van der Waals surface area contributed by atoms with E-state index in [2.05, 4.69) is 96.5 Å². The molecule has 0 saturated heterocycles. The normalized spacial score (nSPS) is 12.5. The van der Waals surface area contributed by atoms with E-state index in [0.717, 1.165) is 82.6 Å². The first kappa shape index (κ1) is 79.6. The number of hydrogen-bond acceptors (Lipinski definition) is 15. The van der Waals surface area contributed by atoms with Crippen molar-refractivity contribution in [3.8, 4) is 23.0 Å². The van der Waals surface area contributed by atoms with Gasteiger partial charge in [-0.25, -0.2) is 11.2 Å².